The van der Waals surface area contributed by atoms with Gasteiger partial charge in [0.1, 0.15) is 5.75 Å². The summed E-state index contributed by atoms with van der Waals surface area (Å²) in [6.07, 6.45) is 1.90. The van der Waals surface area contributed by atoms with Crippen molar-refractivity contribution in [1.29, 1.82) is 0 Å². The summed E-state index contributed by atoms with van der Waals surface area (Å²) in [5.41, 5.74) is 6.71. The van der Waals surface area contributed by atoms with Crippen LogP contribution in [0.15, 0.2) is 101 Å². The Kier molecular flexibility index (Phi) is 7.84. The lowest BCUT2D eigenvalue weighted by molar-refractivity contribution is -0.114. The normalized spacial score (nSPS) is 13.8. The summed E-state index contributed by atoms with van der Waals surface area (Å²) in [6, 6.07) is 29.3. The Hall–Kier alpha value is -4.29. The van der Waals surface area contributed by atoms with Gasteiger partial charge in [0.05, 0.1) is 24.2 Å². The molecule has 0 atom stereocenters. The van der Waals surface area contributed by atoms with E-state index < -0.39 is 0 Å². The lowest BCUT2D eigenvalue weighted by atomic mass is 10.0. The average Bonchev–Trinajstić information content (AvgIpc) is 2.96. The molecule has 0 spiro atoms. The van der Waals surface area contributed by atoms with Gasteiger partial charge in [-0.1, -0.05) is 78.0 Å². The van der Waals surface area contributed by atoms with E-state index in [0.717, 1.165) is 38.6 Å². The lowest BCUT2D eigenvalue weighted by Crippen LogP contribution is -2.34. The van der Waals surface area contributed by atoms with Gasteiger partial charge in [-0.3, -0.25) is 9.59 Å². The van der Waals surface area contributed by atoms with Gasteiger partial charge >= 0.3 is 0 Å². The van der Waals surface area contributed by atoms with Crippen LogP contribution in [-0.2, 0) is 17.9 Å². The Balaban J connectivity index is 1.34. The molecule has 1 N–H and O–H groups in total. The summed E-state index contributed by atoms with van der Waals surface area (Å²) in [5.74, 6) is 0.540. The molecule has 5 nitrogen and oxygen atoms in total. The van der Waals surface area contributed by atoms with Crippen molar-refractivity contribution in [2.75, 3.05) is 12.0 Å². The number of ether oxygens (including phenoxy) is 1. The number of methoxy groups -OCH3 is 1. The Labute approximate surface area is 233 Å². The minimum atomic E-state index is -0.170. The molecular weight excluding hydrogens is 504 g/mol. The molecule has 0 aromatic heterocycles. The predicted molar refractivity (Wildman–Crippen MR) is 158 cm³/mol. The summed E-state index contributed by atoms with van der Waals surface area (Å²) < 4.78 is 5.36. The molecule has 0 aliphatic carbocycles. The molecule has 2 amide bonds. The van der Waals surface area contributed by atoms with Crippen LogP contribution in [0.3, 0.4) is 0 Å². The molecule has 6 heteroatoms. The quantitative estimate of drug-likeness (QED) is 0.262. The Morgan fingerprint density at radius 1 is 0.923 bits per heavy atom. The van der Waals surface area contributed by atoms with Crippen LogP contribution in [0.1, 0.15) is 38.2 Å². The standard InChI is InChI=1S/C33H30N2O3S/c1-22-12-13-23(2)27(18-22)21-35-28-9-5-7-11-30(28)39-31(33(35)37)19-24-14-16-25(17-15-24)32(36)34-20-26-8-4-6-10-29(26)38-3/h4-19H,20-21H2,1-3H3,(H,34,36). The molecule has 0 bridgehead atoms. The lowest BCUT2D eigenvalue weighted by Gasteiger charge is -2.31. The second-order valence-electron chi connectivity index (χ2n) is 9.52. The van der Waals surface area contributed by atoms with Crippen LogP contribution in [0.25, 0.3) is 6.08 Å². The number of nitrogens with one attached hydrogen (secondary N) is 1. The number of anilines is 1. The molecule has 0 saturated carbocycles. The Bertz CT molecular complexity index is 1560. The second kappa shape index (κ2) is 11.6. The van der Waals surface area contributed by atoms with Crippen molar-refractivity contribution < 1.29 is 14.3 Å². The van der Waals surface area contributed by atoms with Crippen LogP contribution >= 0.6 is 11.8 Å². The van der Waals surface area contributed by atoms with Crippen molar-refractivity contribution in [3.8, 4) is 5.75 Å². The van der Waals surface area contributed by atoms with Gasteiger partial charge in [0.15, 0.2) is 0 Å². The smallest absolute Gasteiger partial charge is 0.265 e. The SMILES string of the molecule is COc1ccccc1CNC(=O)c1ccc(C=C2Sc3ccccc3N(Cc3cc(C)ccc3C)C2=O)cc1. The first-order valence-electron chi connectivity index (χ1n) is 12.8. The highest BCUT2D eigenvalue weighted by Gasteiger charge is 2.29. The van der Waals surface area contributed by atoms with E-state index in [1.807, 2.05) is 71.6 Å². The minimum Gasteiger partial charge on any atom is -0.496 e. The van der Waals surface area contributed by atoms with Crippen molar-refractivity contribution in [2.24, 2.45) is 0 Å². The molecule has 5 rings (SSSR count). The van der Waals surface area contributed by atoms with Gasteiger partial charge in [-0.15, -0.1) is 0 Å². The number of benzene rings is 4. The van der Waals surface area contributed by atoms with Crippen molar-refractivity contribution >= 4 is 35.3 Å². The van der Waals surface area contributed by atoms with Crippen molar-refractivity contribution in [1.82, 2.24) is 5.32 Å². The topological polar surface area (TPSA) is 58.6 Å². The zero-order valence-corrected chi connectivity index (χ0v) is 23.0. The molecule has 1 aliphatic rings. The van der Waals surface area contributed by atoms with Crippen LogP contribution in [0, 0.1) is 13.8 Å². The van der Waals surface area contributed by atoms with Crippen molar-refractivity contribution in [2.45, 2.75) is 31.8 Å². The number of para-hydroxylation sites is 2. The fraction of sp³-hybridized carbons (Fsp3) is 0.152. The highest BCUT2D eigenvalue weighted by Crippen LogP contribution is 2.42. The predicted octanol–water partition coefficient (Wildman–Crippen LogP) is 6.92. The van der Waals surface area contributed by atoms with E-state index >= 15 is 0 Å². The molecule has 4 aromatic rings. The molecule has 1 aliphatic heterocycles. The highest BCUT2D eigenvalue weighted by molar-refractivity contribution is 8.04. The Morgan fingerprint density at radius 3 is 2.46 bits per heavy atom. The monoisotopic (exact) mass is 534 g/mol. The number of hydrogen-bond acceptors (Lipinski definition) is 4. The van der Waals surface area contributed by atoms with Gasteiger partial charge in [0, 0.05) is 22.6 Å². The van der Waals surface area contributed by atoms with E-state index in [-0.39, 0.29) is 11.8 Å². The molecule has 4 aromatic carbocycles. The number of nitrogens with zero attached hydrogens (tertiary/aromatic N) is 1. The maximum atomic E-state index is 13.7. The molecule has 196 valence electrons. The fourth-order valence-electron chi connectivity index (χ4n) is 4.57. The minimum absolute atomic E-state index is 0.0294. The van der Waals surface area contributed by atoms with Gasteiger partial charge in [0.2, 0.25) is 0 Å². The van der Waals surface area contributed by atoms with Crippen LogP contribution < -0.4 is 15.0 Å². The van der Waals surface area contributed by atoms with Gasteiger partial charge in [0.25, 0.3) is 11.8 Å². The molecular formula is C33H30N2O3S. The van der Waals surface area contributed by atoms with E-state index in [9.17, 15) is 9.59 Å². The van der Waals surface area contributed by atoms with Crippen LogP contribution in [-0.4, -0.2) is 18.9 Å². The maximum Gasteiger partial charge on any atom is 0.265 e. The number of hydrogen-bond donors (Lipinski definition) is 1. The summed E-state index contributed by atoms with van der Waals surface area (Å²) in [4.78, 5) is 30.0. The molecule has 0 radical (unpaired) electrons. The number of amides is 2. The van der Waals surface area contributed by atoms with Gasteiger partial charge in [-0.2, -0.15) is 0 Å². The van der Waals surface area contributed by atoms with Gasteiger partial charge < -0.3 is 15.0 Å². The number of carbonyl (C=O) groups is 2. The maximum absolute atomic E-state index is 13.7. The van der Waals surface area contributed by atoms with E-state index in [1.165, 1.54) is 17.3 Å². The fourth-order valence-corrected chi connectivity index (χ4v) is 5.63. The zero-order valence-electron chi connectivity index (χ0n) is 22.2. The molecule has 0 saturated heterocycles. The van der Waals surface area contributed by atoms with Gasteiger partial charge in [-0.25, -0.2) is 0 Å². The second-order valence-corrected chi connectivity index (χ2v) is 10.6. The summed E-state index contributed by atoms with van der Waals surface area (Å²) in [6.45, 7) is 5.02. The van der Waals surface area contributed by atoms with E-state index in [1.54, 1.807) is 19.2 Å². The van der Waals surface area contributed by atoms with Crippen molar-refractivity contribution in [3.05, 3.63) is 129 Å². The molecule has 0 unspecified atom stereocenters. The number of thioether (sulfide) groups is 1. The van der Waals surface area contributed by atoms with Gasteiger partial charge in [-0.05, 0) is 66.9 Å². The van der Waals surface area contributed by atoms with E-state index in [4.69, 9.17) is 4.74 Å². The van der Waals surface area contributed by atoms with Crippen LogP contribution in [0.4, 0.5) is 5.69 Å². The van der Waals surface area contributed by atoms with Crippen LogP contribution in [0.2, 0.25) is 0 Å². The first-order chi connectivity index (χ1) is 18.9. The largest absolute Gasteiger partial charge is 0.496 e. The number of fused-ring (bicyclic) bond motifs is 1. The van der Waals surface area contributed by atoms with Crippen LogP contribution in [0.5, 0.6) is 5.75 Å². The highest BCUT2D eigenvalue weighted by atomic mass is 32.2. The van der Waals surface area contributed by atoms with E-state index in [0.29, 0.717) is 23.6 Å². The zero-order chi connectivity index (χ0) is 27.4. The first kappa shape index (κ1) is 26.3. The summed E-state index contributed by atoms with van der Waals surface area (Å²) in [5, 5.41) is 2.95. The molecule has 1 heterocycles. The summed E-state index contributed by atoms with van der Waals surface area (Å²) >= 11 is 1.48. The summed E-state index contributed by atoms with van der Waals surface area (Å²) in [7, 11) is 1.62. The number of carbonyl (C=O) groups excluding carboxylic acids is 2. The third-order valence-corrected chi connectivity index (χ3v) is 7.85. The number of rotatable bonds is 7. The third kappa shape index (κ3) is 5.91. The third-order valence-electron chi connectivity index (χ3n) is 6.77. The number of aryl methyl sites for hydroxylation is 2. The van der Waals surface area contributed by atoms with Crippen molar-refractivity contribution in [3.63, 3.8) is 0 Å². The van der Waals surface area contributed by atoms with E-state index in [2.05, 4.69) is 37.4 Å². The first-order valence-corrected chi connectivity index (χ1v) is 13.6. The Morgan fingerprint density at radius 2 is 1.67 bits per heavy atom. The molecule has 39 heavy (non-hydrogen) atoms. The average molecular weight is 535 g/mol. The molecule has 0 fully saturated rings.